The van der Waals surface area contributed by atoms with Crippen LogP contribution in [0.1, 0.15) is 10.4 Å². The van der Waals surface area contributed by atoms with Crippen LogP contribution in [-0.4, -0.2) is 16.1 Å². The van der Waals surface area contributed by atoms with E-state index in [1.54, 1.807) is 0 Å². The van der Waals surface area contributed by atoms with Gasteiger partial charge in [-0.15, -0.1) is 0 Å². The third-order valence-corrected chi connectivity index (χ3v) is 2.22. The number of rotatable bonds is 3. The van der Waals surface area contributed by atoms with Crippen molar-refractivity contribution in [1.29, 1.82) is 0 Å². The Morgan fingerprint density at radius 1 is 1.28 bits per heavy atom. The molecule has 0 bridgehead atoms. The van der Waals surface area contributed by atoms with Crippen LogP contribution in [0.3, 0.4) is 0 Å². The maximum absolute atomic E-state index is 13.4. The van der Waals surface area contributed by atoms with Crippen LogP contribution in [0.2, 0.25) is 0 Å². The van der Waals surface area contributed by atoms with Gasteiger partial charge in [0.05, 0.1) is 5.69 Å². The zero-order chi connectivity index (χ0) is 13.1. The molecule has 0 spiro atoms. The first kappa shape index (κ1) is 12.0. The number of anilines is 2. The molecule has 1 aromatic carbocycles. The van der Waals surface area contributed by atoms with Crippen molar-refractivity contribution in [3.8, 4) is 0 Å². The van der Waals surface area contributed by atoms with Crippen molar-refractivity contribution >= 4 is 17.5 Å². The predicted octanol–water partition coefficient (Wildman–Crippen LogP) is 2.80. The first-order valence-electron chi connectivity index (χ1n) is 4.98. The third-order valence-electron chi connectivity index (χ3n) is 2.22. The van der Waals surface area contributed by atoms with E-state index >= 15 is 0 Å². The van der Waals surface area contributed by atoms with Gasteiger partial charge in [-0.2, -0.15) is 0 Å². The van der Waals surface area contributed by atoms with Gasteiger partial charge in [0.25, 0.3) is 0 Å². The molecule has 0 fully saturated rings. The molecule has 0 aliphatic rings. The number of aromatic nitrogens is 1. The standard InChI is InChI=1S/C12H8F2N2O2/c13-7-3-4-10(9(14)6-7)16-11-8(12(17)18)2-1-5-15-11/h1-6H,(H,15,16)(H,17,18). The summed E-state index contributed by atoms with van der Waals surface area (Å²) < 4.78 is 26.1. The number of hydrogen-bond donors (Lipinski definition) is 2. The quantitative estimate of drug-likeness (QED) is 0.879. The molecule has 2 N–H and O–H groups in total. The van der Waals surface area contributed by atoms with Crippen LogP contribution >= 0.6 is 0 Å². The van der Waals surface area contributed by atoms with Gasteiger partial charge in [-0.05, 0) is 24.3 Å². The number of hydrogen-bond acceptors (Lipinski definition) is 3. The number of aromatic carboxylic acids is 1. The van der Waals surface area contributed by atoms with Gasteiger partial charge in [-0.3, -0.25) is 0 Å². The summed E-state index contributed by atoms with van der Waals surface area (Å²) >= 11 is 0. The molecule has 1 heterocycles. The van der Waals surface area contributed by atoms with Gasteiger partial charge in [0, 0.05) is 12.3 Å². The smallest absolute Gasteiger partial charge is 0.339 e. The minimum Gasteiger partial charge on any atom is -0.478 e. The fourth-order valence-electron chi connectivity index (χ4n) is 1.40. The second-order valence-corrected chi connectivity index (χ2v) is 3.45. The van der Waals surface area contributed by atoms with E-state index in [4.69, 9.17) is 5.11 Å². The molecule has 18 heavy (non-hydrogen) atoms. The van der Waals surface area contributed by atoms with Crippen molar-refractivity contribution in [2.24, 2.45) is 0 Å². The topological polar surface area (TPSA) is 62.2 Å². The van der Waals surface area contributed by atoms with E-state index in [0.717, 1.165) is 6.07 Å². The second-order valence-electron chi connectivity index (χ2n) is 3.45. The second kappa shape index (κ2) is 4.79. The summed E-state index contributed by atoms with van der Waals surface area (Å²) in [4.78, 5) is 14.7. The Kier molecular flexibility index (Phi) is 3.18. The average molecular weight is 250 g/mol. The van der Waals surface area contributed by atoms with Gasteiger partial charge in [-0.1, -0.05) is 0 Å². The maximum Gasteiger partial charge on any atom is 0.339 e. The maximum atomic E-state index is 13.4. The highest BCUT2D eigenvalue weighted by atomic mass is 19.1. The lowest BCUT2D eigenvalue weighted by atomic mass is 10.2. The summed E-state index contributed by atoms with van der Waals surface area (Å²) in [5.74, 6) is -2.72. The Morgan fingerprint density at radius 3 is 2.72 bits per heavy atom. The van der Waals surface area contributed by atoms with E-state index in [2.05, 4.69) is 10.3 Å². The molecule has 92 valence electrons. The SMILES string of the molecule is O=C(O)c1cccnc1Nc1ccc(F)cc1F. The lowest BCUT2D eigenvalue weighted by molar-refractivity contribution is 0.0697. The number of benzene rings is 1. The van der Waals surface area contributed by atoms with E-state index < -0.39 is 17.6 Å². The zero-order valence-electron chi connectivity index (χ0n) is 9.02. The van der Waals surface area contributed by atoms with Crippen LogP contribution < -0.4 is 5.32 Å². The lowest BCUT2D eigenvalue weighted by Crippen LogP contribution is -2.05. The van der Waals surface area contributed by atoms with Crippen LogP contribution in [-0.2, 0) is 0 Å². The Bertz CT molecular complexity index is 602. The van der Waals surface area contributed by atoms with E-state index in [1.807, 2.05) is 0 Å². The van der Waals surface area contributed by atoms with Crippen molar-refractivity contribution in [3.05, 3.63) is 53.7 Å². The minimum absolute atomic E-state index is 0.00416. The molecule has 0 unspecified atom stereocenters. The van der Waals surface area contributed by atoms with E-state index in [9.17, 15) is 13.6 Å². The molecule has 0 radical (unpaired) electrons. The third kappa shape index (κ3) is 2.42. The molecule has 1 aromatic heterocycles. The number of carboxylic acids is 1. The monoisotopic (exact) mass is 250 g/mol. The van der Waals surface area contributed by atoms with E-state index in [-0.39, 0.29) is 17.1 Å². The molecule has 0 aliphatic heterocycles. The molecular formula is C12H8F2N2O2. The average Bonchev–Trinajstić information content (AvgIpc) is 2.33. The molecule has 0 aliphatic carbocycles. The van der Waals surface area contributed by atoms with Crippen LogP contribution in [0.25, 0.3) is 0 Å². The largest absolute Gasteiger partial charge is 0.478 e. The van der Waals surface area contributed by atoms with Gasteiger partial charge in [0.1, 0.15) is 23.0 Å². The summed E-state index contributed by atoms with van der Waals surface area (Å²) in [6.07, 6.45) is 1.37. The molecule has 0 saturated carbocycles. The summed E-state index contributed by atoms with van der Waals surface area (Å²) in [5, 5.41) is 11.4. The van der Waals surface area contributed by atoms with E-state index in [0.29, 0.717) is 6.07 Å². The van der Waals surface area contributed by atoms with Crippen molar-refractivity contribution in [2.75, 3.05) is 5.32 Å². The lowest BCUT2D eigenvalue weighted by Gasteiger charge is -2.08. The van der Waals surface area contributed by atoms with Crippen molar-refractivity contribution in [3.63, 3.8) is 0 Å². The molecular weight excluding hydrogens is 242 g/mol. The Hall–Kier alpha value is -2.50. The number of pyridine rings is 1. The number of halogens is 2. The van der Waals surface area contributed by atoms with Gasteiger partial charge in [-0.25, -0.2) is 18.6 Å². The first-order valence-corrected chi connectivity index (χ1v) is 4.98. The van der Waals surface area contributed by atoms with Gasteiger partial charge >= 0.3 is 5.97 Å². The number of nitrogens with zero attached hydrogens (tertiary/aromatic N) is 1. The Morgan fingerprint density at radius 2 is 2.06 bits per heavy atom. The number of carbonyl (C=O) groups is 1. The highest BCUT2D eigenvalue weighted by molar-refractivity contribution is 5.93. The molecule has 4 nitrogen and oxygen atoms in total. The minimum atomic E-state index is -1.19. The molecule has 0 amide bonds. The van der Waals surface area contributed by atoms with Crippen LogP contribution in [0.15, 0.2) is 36.5 Å². The highest BCUT2D eigenvalue weighted by Gasteiger charge is 2.12. The van der Waals surface area contributed by atoms with Crippen molar-refractivity contribution < 1.29 is 18.7 Å². The highest BCUT2D eigenvalue weighted by Crippen LogP contribution is 2.21. The Labute approximate surface area is 101 Å². The fourth-order valence-corrected chi connectivity index (χ4v) is 1.40. The van der Waals surface area contributed by atoms with Crippen LogP contribution in [0.4, 0.5) is 20.3 Å². The van der Waals surface area contributed by atoms with Crippen LogP contribution in [0, 0.1) is 11.6 Å². The summed E-state index contributed by atoms with van der Waals surface area (Å²) in [6.45, 7) is 0. The normalized spacial score (nSPS) is 10.1. The number of nitrogens with one attached hydrogen (secondary N) is 1. The van der Waals surface area contributed by atoms with Gasteiger partial charge in [0.15, 0.2) is 0 Å². The molecule has 2 rings (SSSR count). The summed E-state index contributed by atoms with van der Waals surface area (Å²) in [7, 11) is 0. The van der Waals surface area contributed by atoms with E-state index in [1.165, 1.54) is 24.4 Å². The number of carboxylic acid groups (broad SMARTS) is 1. The Balaban J connectivity index is 2.37. The molecule has 2 aromatic rings. The van der Waals surface area contributed by atoms with Crippen molar-refractivity contribution in [1.82, 2.24) is 4.98 Å². The van der Waals surface area contributed by atoms with Gasteiger partial charge in [0.2, 0.25) is 0 Å². The van der Waals surface area contributed by atoms with Crippen molar-refractivity contribution in [2.45, 2.75) is 0 Å². The summed E-state index contributed by atoms with van der Waals surface area (Å²) in [5.41, 5.74) is -0.140. The molecule has 0 atom stereocenters. The van der Waals surface area contributed by atoms with Gasteiger partial charge < -0.3 is 10.4 Å². The van der Waals surface area contributed by atoms with Crippen LogP contribution in [0.5, 0.6) is 0 Å². The fraction of sp³-hybridized carbons (Fsp3) is 0. The molecule has 6 heteroatoms. The zero-order valence-corrected chi connectivity index (χ0v) is 9.02. The molecule has 0 saturated heterocycles. The predicted molar refractivity (Wildman–Crippen MR) is 60.8 cm³/mol. The summed E-state index contributed by atoms with van der Waals surface area (Å²) in [6, 6.07) is 5.72. The first-order chi connectivity index (χ1) is 8.58.